The van der Waals surface area contributed by atoms with Crippen molar-refractivity contribution in [2.75, 3.05) is 6.61 Å². The molecule has 0 saturated heterocycles. The fourth-order valence-electron chi connectivity index (χ4n) is 3.05. The molecule has 3 nitrogen and oxygen atoms in total. The maximum Gasteiger partial charge on any atom is 0.175 e. The molecule has 0 saturated carbocycles. The number of nitrogens with one attached hydrogen (secondary N) is 1. The molecule has 1 unspecified atom stereocenters. The molecular weight excluding hydrogens is 521 g/mol. The Morgan fingerprint density at radius 2 is 1.74 bits per heavy atom. The van der Waals surface area contributed by atoms with Crippen molar-refractivity contribution in [1.82, 2.24) is 5.32 Å². The van der Waals surface area contributed by atoms with Gasteiger partial charge in [-0.2, -0.15) is 0 Å². The molecule has 0 heterocycles. The zero-order chi connectivity index (χ0) is 21.5. The van der Waals surface area contributed by atoms with Crippen molar-refractivity contribution in [2.45, 2.75) is 33.0 Å². The summed E-state index contributed by atoms with van der Waals surface area (Å²) in [4.78, 5) is 0. The Hall–Kier alpha value is -1.43. The van der Waals surface area contributed by atoms with Crippen LogP contribution in [-0.2, 0) is 13.2 Å². The van der Waals surface area contributed by atoms with Gasteiger partial charge >= 0.3 is 0 Å². The smallest absolute Gasteiger partial charge is 0.175 e. The van der Waals surface area contributed by atoms with Gasteiger partial charge in [0.2, 0.25) is 0 Å². The van der Waals surface area contributed by atoms with E-state index in [0.29, 0.717) is 41.3 Å². The number of ether oxygens (including phenoxy) is 2. The molecule has 166 valence electrons. The summed E-state index contributed by atoms with van der Waals surface area (Å²) in [6, 6.07) is 20.0. The van der Waals surface area contributed by atoms with Crippen molar-refractivity contribution in [3.8, 4) is 11.5 Å². The molecule has 3 aromatic rings. The quantitative estimate of drug-likeness (QED) is 0.295. The highest BCUT2D eigenvalue weighted by Crippen LogP contribution is 2.38. The summed E-state index contributed by atoms with van der Waals surface area (Å²) in [5.74, 6) is 1.35. The highest BCUT2D eigenvalue weighted by atomic mass is 79.9. The fourth-order valence-corrected chi connectivity index (χ4v) is 4.11. The Labute approximate surface area is 208 Å². The number of halogens is 4. The predicted octanol–water partition coefficient (Wildman–Crippen LogP) is 8.01. The van der Waals surface area contributed by atoms with Crippen molar-refractivity contribution in [1.29, 1.82) is 0 Å². The van der Waals surface area contributed by atoms with Crippen LogP contribution in [0.15, 0.2) is 65.1 Å². The number of hydrogen-bond donors (Lipinski definition) is 1. The highest BCUT2D eigenvalue weighted by molar-refractivity contribution is 9.10. The van der Waals surface area contributed by atoms with Gasteiger partial charge in [0, 0.05) is 28.2 Å². The van der Waals surface area contributed by atoms with Crippen LogP contribution in [-0.4, -0.2) is 6.61 Å². The first-order valence-corrected chi connectivity index (χ1v) is 11.3. The third-order valence-electron chi connectivity index (χ3n) is 4.67. The number of rotatable bonds is 9. The maximum absolute atomic E-state index is 6.27. The zero-order valence-electron chi connectivity index (χ0n) is 17.3. The Morgan fingerprint density at radius 3 is 2.42 bits per heavy atom. The van der Waals surface area contributed by atoms with Crippen LogP contribution in [0, 0.1) is 0 Å². The molecule has 0 amide bonds. The molecule has 0 aliphatic carbocycles. The summed E-state index contributed by atoms with van der Waals surface area (Å²) in [6.45, 7) is 5.68. The van der Waals surface area contributed by atoms with Gasteiger partial charge in [0.05, 0.1) is 11.1 Å². The molecule has 0 fully saturated rings. The lowest BCUT2D eigenvalue weighted by molar-refractivity contribution is 0.267. The minimum atomic E-state index is 0. The van der Waals surface area contributed by atoms with Crippen LogP contribution < -0.4 is 14.8 Å². The topological polar surface area (TPSA) is 30.5 Å². The summed E-state index contributed by atoms with van der Waals surface area (Å²) < 4.78 is 12.7. The number of benzene rings is 3. The molecule has 0 aliphatic heterocycles. The van der Waals surface area contributed by atoms with E-state index < -0.39 is 0 Å². The lowest BCUT2D eigenvalue weighted by Gasteiger charge is -2.18. The zero-order valence-corrected chi connectivity index (χ0v) is 21.2. The molecule has 31 heavy (non-hydrogen) atoms. The Morgan fingerprint density at radius 1 is 1.00 bits per heavy atom. The Balaban J connectivity index is 0.00000341. The van der Waals surface area contributed by atoms with E-state index >= 15 is 0 Å². The van der Waals surface area contributed by atoms with Crippen LogP contribution in [0.3, 0.4) is 0 Å². The summed E-state index contributed by atoms with van der Waals surface area (Å²) in [7, 11) is 0. The van der Waals surface area contributed by atoms with Crippen molar-refractivity contribution >= 4 is 51.5 Å². The normalized spacial score (nSPS) is 11.5. The van der Waals surface area contributed by atoms with Crippen molar-refractivity contribution in [3.63, 3.8) is 0 Å². The summed E-state index contributed by atoms with van der Waals surface area (Å²) in [5.41, 5.74) is 3.21. The van der Waals surface area contributed by atoms with Crippen LogP contribution >= 0.6 is 51.5 Å². The minimum Gasteiger partial charge on any atom is -0.490 e. The van der Waals surface area contributed by atoms with Crippen molar-refractivity contribution in [3.05, 3.63) is 91.9 Å². The van der Waals surface area contributed by atoms with E-state index in [4.69, 9.17) is 32.7 Å². The first-order valence-electron chi connectivity index (χ1n) is 9.78. The predicted molar refractivity (Wildman–Crippen MR) is 135 cm³/mol. The van der Waals surface area contributed by atoms with Gasteiger partial charge in [0.25, 0.3) is 0 Å². The molecule has 1 atom stereocenters. The third-order valence-corrected chi connectivity index (χ3v) is 5.84. The third kappa shape index (κ3) is 7.30. The summed E-state index contributed by atoms with van der Waals surface area (Å²) >= 11 is 15.9. The monoisotopic (exact) mass is 543 g/mol. The molecule has 0 aromatic heterocycles. The van der Waals surface area contributed by atoms with Crippen LogP contribution in [0.2, 0.25) is 10.0 Å². The van der Waals surface area contributed by atoms with Gasteiger partial charge in [0.1, 0.15) is 6.61 Å². The molecule has 7 heteroatoms. The van der Waals surface area contributed by atoms with E-state index in [1.807, 2.05) is 31.2 Å². The average Bonchev–Trinajstić information content (AvgIpc) is 2.73. The second-order valence-electron chi connectivity index (χ2n) is 6.88. The summed E-state index contributed by atoms with van der Waals surface area (Å²) in [6.07, 6.45) is 0. The molecule has 0 spiro atoms. The van der Waals surface area contributed by atoms with E-state index in [-0.39, 0.29) is 18.4 Å². The molecule has 0 radical (unpaired) electrons. The van der Waals surface area contributed by atoms with E-state index in [1.165, 1.54) is 5.56 Å². The lowest BCUT2D eigenvalue weighted by Crippen LogP contribution is -2.18. The SMILES string of the molecule is CCOc1cc(CNC(C)c2ccccc2)cc(Br)c1OCc1ccc(Cl)cc1Cl.Cl. The second-order valence-corrected chi connectivity index (χ2v) is 8.57. The van der Waals surface area contributed by atoms with Gasteiger partial charge in [0.15, 0.2) is 11.5 Å². The fraction of sp³-hybridized carbons (Fsp3) is 0.250. The first kappa shape index (κ1) is 25.8. The Bertz CT molecular complexity index is 986. The van der Waals surface area contributed by atoms with Crippen LogP contribution in [0.25, 0.3) is 0 Å². The second kappa shape index (κ2) is 12.6. The highest BCUT2D eigenvalue weighted by Gasteiger charge is 2.14. The number of hydrogen-bond acceptors (Lipinski definition) is 3. The van der Waals surface area contributed by atoms with Crippen LogP contribution in [0.1, 0.15) is 36.6 Å². The van der Waals surface area contributed by atoms with Gasteiger partial charge in [-0.1, -0.05) is 59.6 Å². The lowest BCUT2D eigenvalue weighted by atomic mass is 10.1. The Kier molecular flexibility index (Phi) is 10.5. The molecule has 3 rings (SSSR count). The standard InChI is InChI=1S/C24H24BrCl2NO2.ClH/c1-3-29-23-12-17(14-28-16(2)18-7-5-4-6-8-18)11-21(25)24(23)30-15-19-9-10-20(26)13-22(19)27;/h4-13,16,28H,3,14-15H2,1-2H3;1H. The van der Waals surface area contributed by atoms with Gasteiger partial charge in [-0.25, -0.2) is 0 Å². The first-order chi connectivity index (χ1) is 14.5. The molecular formula is C24H25BrCl3NO2. The van der Waals surface area contributed by atoms with Crippen LogP contribution in [0.4, 0.5) is 0 Å². The molecule has 0 bridgehead atoms. The van der Waals surface area contributed by atoms with E-state index in [9.17, 15) is 0 Å². The minimum absolute atomic E-state index is 0. The molecule has 3 aromatic carbocycles. The average molecular weight is 546 g/mol. The van der Waals surface area contributed by atoms with E-state index in [1.54, 1.807) is 12.1 Å². The van der Waals surface area contributed by atoms with Gasteiger partial charge in [-0.15, -0.1) is 12.4 Å². The van der Waals surface area contributed by atoms with Gasteiger partial charge in [-0.05, 0) is 65.2 Å². The van der Waals surface area contributed by atoms with Crippen molar-refractivity contribution in [2.24, 2.45) is 0 Å². The summed E-state index contributed by atoms with van der Waals surface area (Å²) in [5, 5.41) is 4.73. The van der Waals surface area contributed by atoms with E-state index in [0.717, 1.165) is 15.6 Å². The van der Waals surface area contributed by atoms with Crippen LogP contribution in [0.5, 0.6) is 11.5 Å². The largest absolute Gasteiger partial charge is 0.490 e. The van der Waals surface area contributed by atoms with E-state index in [2.05, 4.69) is 52.4 Å². The van der Waals surface area contributed by atoms with Gasteiger partial charge < -0.3 is 14.8 Å². The molecule has 1 N–H and O–H groups in total. The maximum atomic E-state index is 6.27. The molecule has 0 aliphatic rings. The van der Waals surface area contributed by atoms with Gasteiger partial charge in [-0.3, -0.25) is 0 Å². The van der Waals surface area contributed by atoms with Crippen molar-refractivity contribution < 1.29 is 9.47 Å².